The maximum Gasteiger partial charge on any atom is 0.274 e. The van der Waals surface area contributed by atoms with Gasteiger partial charge in [0.25, 0.3) is 5.69 Å². The molecule has 8 nitrogen and oxygen atoms in total. The summed E-state index contributed by atoms with van der Waals surface area (Å²) in [6.07, 6.45) is 0.709. The molecule has 1 unspecified atom stereocenters. The van der Waals surface area contributed by atoms with E-state index in [1.54, 1.807) is 0 Å². The quantitative estimate of drug-likeness (QED) is 0.466. The van der Waals surface area contributed by atoms with Crippen LogP contribution in [0.25, 0.3) is 0 Å². The summed E-state index contributed by atoms with van der Waals surface area (Å²) in [5.41, 5.74) is 4.34. The summed E-state index contributed by atoms with van der Waals surface area (Å²) >= 11 is 0. The number of hydrogen-bond donors (Lipinski definition) is 2. The maximum atomic E-state index is 13.8. The lowest BCUT2D eigenvalue weighted by Gasteiger charge is -2.12. The van der Waals surface area contributed by atoms with Crippen LogP contribution < -0.4 is 10.5 Å². The van der Waals surface area contributed by atoms with Crippen LogP contribution in [0.1, 0.15) is 6.42 Å². The van der Waals surface area contributed by atoms with E-state index in [4.69, 9.17) is 10.5 Å². The van der Waals surface area contributed by atoms with Gasteiger partial charge in [-0.05, 0) is 12.3 Å². The van der Waals surface area contributed by atoms with Crippen molar-refractivity contribution in [2.75, 3.05) is 25.5 Å². The third-order valence-corrected chi connectivity index (χ3v) is 4.64. The lowest BCUT2D eigenvalue weighted by Crippen LogP contribution is -2.30. The maximum absolute atomic E-state index is 13.8. The molecular weight excluding hydrogens is 305 g/mol. The number of hydrogen-bond acceptors (Lipinski definition) is 6. The molecule has 0 saturated carbocycles. The van der Waals surface area contributed by atoms with Crippen LogP contribution in [0.5, 0.6) is 0 Å². The third kappa shape index (κ3) is 3.46. The van der Waals surface area contributed by atoms with Gasteiger partial charge >= 0.3 is 0 Å². The highest BCUT2D eigenvalue weighted by Gasteiger charge is 2.27. The van der Waals surface area contributed by atoms with Gasteiger partial charge in [0, 0.05) is 19.2 Å². The number of nitrogen functional groups attached to an aromatic ring is 1. The van der Waals surface area contributed by atoms with Crippen LogP contribution in [-0.4, -0.2) is 33.1 Å². The van der Waals surface area contributed by atoms with E-state index >= 15 is 0 Å². The summed E-state index contributed by atoms with van der Waals surface area (Å²) in [5, 5.41) is 10.6. The molecule has 1 aromatic rings. The van der Waals surface area contributed by atoms with E-state index in [0.717, 1.165) is 6.07 Å². The highest BCUT2D eigenvalue weighted by Crippen LogP contribution is 2.27. The fourth-order valence-electron chi connectivity index (χ4n) is 2.03. The Hall–Kier alpha value is -1.78. The van der Waals surface area contributed by atoms with Gasteiger partial charge in [0.2, 0.25) is 10.0 Å². The van der Waals surface area contributed by atoms with Gasteiger partial charge in [0.15, 0.2) is 5.82 Å². The van der Waals surface area contributed by atoms with E-state index in [0.29, 0.717) is 25.7 Å². The molecule has 1 aliphatic heterocycles. The molecule has 3 N–H and O–H groups in total. The number of nitrogens with two attached hydrogens (primary N) is 1. The smallest absolute Gasteiger partial charge is 0.274 e. The minimum atomic E-state index is -4.18. The number of rotatable bonds is 5. The van der Waals surface area contributed by atoms with Crippen molar-refractivity contribution in [1.82, 2.24) is 4.72 Å². The third-order valence-electron chi connectivity index (χ3n) is 3.12. The monoisotopic (exact) mass is 319 g/mol. The van der Waals surface area contributed by atoms with E-state index in [2.05, 4.69) is 4.72 Å². The molecule has 10 heteroatoms. The Morgan fingerprint density at radius 3 is 2.76 bits per heavy atom. The van der Waals surface area contributed by atoms with E-state index in [1.807, 2.05) is 0 Å². The standard InChI is InChI=1S/C11H14FN3O5S/c12-9-3-8(15(16)17)4-10(13)11(9)21(18,19)14-5-7-1-2-20-6-7/h3-4,7,14H,1-2,5-6,13H2. The molecule has 1 fully saturated rings. The number of nitro groups is 1. The van der Waals surface area contributed by atoms with Crippen molar-refractivity contribution < 1.29 is 22.5 Å². The number of benzene rings is 1. The summed E-state index contributed by atoms with van der Waals surface area (Å²) in [5.74, 6) is -1.24. The molecule has 1 aliphatic rings. The van der Waals surface area contributed by atoms with E-state index in [-0.39, 0.29) is 12.5 Å². The molecule has 1 atom stereocenters. The average Bonchev–Trinajstić information content (AvgIpc) is 2.88. The number of nitro benzene ring substituents is 1. The predicted octanol–water partition coefficient (Wildman–Crippen LogP) is 0.631. The van der Waals surface area contributed by atoms with Crippen LogP contribution in [-0.2, 0) is 14.8 Å². The first-order chi connectivity index (χ1) is 9.81. The Labute approximate surface area is 120 Å². The van der Waals surface area contributed by atoms with E-state index < -0.39 is 37.0 Å². The number of sulfonamides is 1. The first-order valence-corrected chi connectivity index (χ1v) is 7.60. The molecule has 21 heavy (non-hydrogen) atoms. The van der Waals surface area contributed by atoms with Crippen molar-refractivity contribution in [3.63, 3.8) is 0 Å². The zero-order valence-corrected chi connectivity index (χ0v) is 11.7. The number of non-ortho nitro benzene ring substituents is 1. The normalized spacial score (nSPS) is 18.8. The first-order valence-electron chi connectivity index (χ1n) is 6.12. The molecule has 116 valence electrons. The zero-order valence-electron chi connectivity index (χ0n) is 10.9. The molecule has 0 bridgehead atoms. The molecule has 2 rings (SSSR count). The second kappa shape index (κ2) is 5.92. The van der Waals surface area contributed by atoms with Crippen LogP contribution in [0.15, 0.2) is 17.0 Å². The molecule has 0 radical (unpaired) electrons. The Kier molecular flexibility index (Phi) is 4.40. The summed E-state index contributed by atoms with van der Waals surface area (Å²) < 4.78 is 45.3. The average molecular weight is 319 g/mol. The summed E-state index contributed by atoms with van der Waals surface area (Å²) in [7, 11) is -4.18. The van der Waals surface area contributed by atoms with E-state index in [1.165, 1.54) is 0 Å². The molecule has 1 saturated heterocycles. The number of nitrogens with one attached hydrogen (secondary N) is 1. The SMILES string of the molecule is Nc1cc([N+](=O)[O-])cc(F)c1S(=O)(=O)NCC1CCOC1. The minimum Gasteiger partial charge on any atom is -0.397 e. The van der Waals surface area contributed by atoms with Crippen molar-refractivity contribution >= 4 is 21.4 Å². The molecule has 0 aliphatic carbocycles. The van der Waals surface area contributed by atoms with Crippen LogP contribution >= 0.6 is 0 Å². The van der Waals surface area contributed by atoms with E-state index in [9.17, 15) is 22.9 Å². The van der Waals surface area contributed by atoms with Gasteiger partial charge in [-0.3, -0.25) is 10.1 Å². The van der Waals surface area contributed by atoms with Gasteiger partial charge in [-0.25, -0.2) is 17.5 Å². The van der Waals surface area contributed by atoms with Gasteiger partial charge < -0.3 is 10.5 Å². The Balaban J connectivity index is 2.24. The van der Waals surface area contributed by atoms with Gasteiger partial charge in [0.1, 0.15) is 4.90 Å². The van der Waals surface area contributed by atoms with Crippen LogP contribution in [0.4, 0.5) is 15.8 Å². The van der Waals surface area contributed by atoms with Crippen molar-refractivity contribution in [3.8, 4) is 0 Å². The summed E-state index contributed by atoms with van der Waals surface area (Å²) in [6, 6.07) is 1.35. The Morgan fingerprint density at radius 2 is 2.24 bits per heavy atom. The molecule has 0 aromatic heterocycles. The van der Waals surface area contributed by atoms with Crippen molar-refractivity contribution in [2.24, 2.45) is 5.92 Å². The van der Waals surface area contributed by atoms with Gasteiger partial charge in [-0.2, -0.15) is 0 Å². The van der Waals surface area contributed by atoms with Crippen LogP contribution in [0.3, 0.4) is 0 Å². The van der Waals surface area contributed by atoms with Gasteiger partial charge in [0.05, 0.1) is 23.3 Å². The Morgan fingerprint density at radius 1 is 1.52 bits per heavy atom. The lowest BCUT2D eigenvalue weighted by atomic mass is 10.1. The molecule has 0 spiro atoms. The first kappa shape index (κ1) is 15.6. The highest BCUT2D eigenvalue weighted by molar-refractivity contribution is 7.89. The van der Waals surface area contributed by atoms with Gasteiger partial charge in [-0.1, -0.05) is 0 Å². The molecule has 1 aromatic carbocycles. The molecular formula is C11H14FN3O5S. The van der Waals surface area contributed by atoms with Crippen molar-refractivity contribution in [1.29, 1.82) is 0 Å². The fraction of sp³-hybridized carbons (Fsp3) is 0.455. The Bertz CT molecular complexity index is 635. The summed E-state index contributed by atoms with van der Waals surface area (Å²) in [6.45, 7) is 1.08. The highest BCUT2D eigenvalue weighted by atomic mass is 32.2. The number of anilines is 1. The zero-order chi connectivity index (χ0) is 15.6. The second-order valence-electron chi connectivity index (χ2n) is 4.68. The predicted molar refractivity (Wildman–Crippen MR) is 71.6 cm³/mol. The topological polar surface area (TPSA) is 125 Å². The number of halogens is 1. The van der Waals surface area contributed by atoms with Crippen molar-refractivity contribution in [2.45, 2.75) is 11.3 Å². The molecule has 0 amide bonds. The lowest BCUT2D eigenvalue weighted by molar-refractivity contribution is -0.385. The van der Waals surface area contributed by atoms with Crippen LogP contribution in [0.2, 0.25) is 0 Å². The molecule has 1 heterocycles. The minimum absolute atomic E-state index is 0.0158. The second-order valence-corrected chi connectivity index (χ2v) is 6.39. The number of ether oxygens (including phenoxy) is 1. The summed E-state index contributed by atoms with van der Waals surface area (Å²) in [4.78, 5) is 8.95. The van der Waals surface area contributed by atoms with Crippen LogP contribution in [0, 0.1) is 21.8 Å². The fourth-order valence-corrected chi connectivity index (χ4v) is 3.32. The largest absolute Gasteiger partial charge is 0.397 e. The van der Waals surface area contributed by atoms with Gasteiger partial charge in [-0.15, -0.1) is 0 Å². The van der Waals surface area contributed by atoms with Crippen molar-refractivity contribution in [3.05, 3.63) is 28.1 Å². The number of nitrogens with zero attached hydrogens (tertiary/aromatic N) is 1.